The number of benzene rings is 1. The van der Waals surface area contributed by atoms with Crippen LogP contribution in [0.1, 0.15) is 39.2 Å². The summed E-state index contributed by atoms with van der Waals surface area (Å²) in [5.41, 5.74) is 0.916. The van der Waals surface area contributed by atoms with Crippen LogP contribution in [0.3, 0.4) is 0 Å². The van der Waals surface area contributed by atoms with E-state index in [9.17, 15) is 19.6 Å². The van der Waals surface area contributed by atoms with Crippen LogP contribution in [0, 0.1) is 5.92 Å². The molecule has 1 aromatic rings. The molecule has 1 rings (SSSR count). The molecule has 0 radical (unpaired) electrons. The van der Waals surface area contributed by atoms with Gasteiger partial charge in [-0.3, -0.25) is 9.59 Å². The van der Waals surface area contributed by atoms with Crippen LogP contribution in [0.2, 0.25) is 0 Å². The Bertz CT molecular complexity index is 523. The quantitative estimate of drug-likeness (QED) is 0.499. The lowest BCUT2D eigenvalue weighted by Crippen LogP contribution is -2.54. The second-order valence-electron chi connectivity index (χ2n) is 6.32. The first-order valence-electron chi connectivity index (χ1n) is 8.33. The van der Waals surface area contributed by atoms with Gasteiger partial charge in [0, 0.05) is 12.8 Å². The molecule has 0 aromatic heterocycles. The summed E-state index contributed by atoms with van der Waals surface area (Å²) in [5, 5.41) is 24.3. The van der Waals surface area contributed by atoms with E-state index in [4.69, 9.17) is 0 Å². The smallest absolute Gasteiger partial charge is 0.426 e. The van der Waals surface area contributed by atoms with Gasteiger partial charge in [-0.15, -0.1) is 0 Å². The first-order valence-corrected chi connectivity index (χ1v) is 8.33. The molecule has 6 nitrogen and oxygen atoms in total. The summed E-state index contributed by atoms with van der Waals surface area (Å²) in [7, 11) is -1.64. The number of amides is 2. The number of carbonyl (C=O) groups is 2. The fraction of sp³-hybridized carbons (Fsp3) is 0.529. The van der Waals surface area contributed by atoms with Crippen LogP contribution < -0.4 is 10.6 Å². The van der Waals surface area contributed by atoms with Crippen molar-refractivity contribution in [2.75, 3.05) is 0 Å². The Morgan fingerprint density at radius 1 is 1.12 bits per heavy atom. The molecule has 0 aliphatic heterocycles. The van der Waals surface area contributed by atoms with E-state index in [1.165, 1.54) is 0 Å². The van der Waals surface area contributed by atoms with Crippen molar-refractivity contribution in [3.63, 3.8) is 0 Å². The van der Waals surface area contributed by atoms with Crippen LogP contribution in [0.4, 0.5) is 0 Å². The molecule has 24 heavy (non-hydrogen) atoms. The van der Waals surface area contributed by atoms with E-state index >= 15 is 0 Å². The minimum atomic E-state index is -1.64. The molecule has 2 atom stereocenters. The number of hydrogen-bond acceptors (Lipinski definition) is 4. The summed E-state index contributed by atoms with van der Waals surface area (Å²) in [6, 6.07) is 8.61. The van der Waals surface area contributed by atoms with E-state index in [2.05, 4.69) is 10.6 Å². The van der Waals surface area contributed by atoms with Crippen molar-refractivity contribution in [1.82, 2.24) is 10.6 Å². The van der Waals surface area contributed by atoms with Gasteiger partial charge in [0.2, 0.25) is 11.8 Å². The van der Waals surface area contributed by atoms with Gasteiger partial charge < -0.3 is 20.7 Å². The highest BCUT2D eigenvalue weighted by molar-refractivity contribution is 6.43. The standard InChI is InChI=1S/C17H27BN2O4/c1-4-16(21)19-14(11-13-8-6-5-7-9-13)17(22)20-15(18(23)24)10-12(2)3/h5-9,12,14-15,23-24H,4,10-11H2,1-3H3,(H,19,21)(H,20,22)/t14-,15-/m0/s1. The maximum absolute atomic E-state index is 12.5. The topological polar surface area (TPSA) is 98.7 Å². The molecule has 7 heteroatoms. The third-order valence-corrected chi connectivity index (χ3v) is 3.67. The zero-order chi connectivity index (χ0) is 18.1. The molecule has 0 bridgehead atoms. The monoisotopic (exact) mass is 334 g/mol. The van der Waals surface area contributed by atoms with Gasteiger partial charge in [-0.05, 0) is 17.9 Å². The minimum absolute atomic E-state index is 0.190. The molecular formula is C17H27BN2O4. The van der Waals surface area contributed by atoms with E-state index < -0.39 is 25.0 Å². The molecule has 0 saturated heterocycles. The van der Waals surface area contributed by atoms with Crippen molar-refractivity contribution < 1.29 is 19.6 Å². The van der Waals surface area contributed by atoms with Crippen molar-refractivity contribution in [3.05, 3.63) is 35.9 Å². The van der Waals surface area contributed by atoms with Crippen molar-refractivity contribution >= 4 is 18.9 Å². The highest BCUT2D eigenvalue weighted by Gasteiger charge is 2.29. The zero-order valence-electron chi connectivity index (χ0n) is 14.5. The average Bonchev–Trinajstić information content (AvgIpc) is 2.53. The Morgan fingerprint density at radius 2 is 1.75 bits per heavy atom. The molecular weight excluding hydrogens is 307 g/mol. The van der Waals surface area contributed by atoms with Gasteiger partial charge in [0.15, 0.2) is 0 Å². The lowest BCUT2D eigenvalue weighted by Gasteiger charge is -2.24. The summed E-state index contributed by atoms with van der Waals surface area (Å²) >= 11 is 0. The van der Waals surface area contributed by atoms with Gasteiger partial charge in [0.05, 0.1) is 5.94 Å². The Balaban J connectivity index is 2.83. The molecule has 2 amide bonds. The molecule has 4 N–H and O–H groups in total. The highest BCUT2D eigenvalue weighted by Crippen LogP contribution is 2.08. The van der Waals surface area contributed by atoms with E-state index in [-0.39, 0.29) is 18.2 Å². The molecule has 0 aliphatic carbocycles. The molecule has 132 valence electrons. The second-order valence-corrected chi connectivity index (χ2v) is 6.32. The van der Waals surface area contributed by atoms with E-state index in [0.29, 0.717) is 12.8 Å². The van der Waals surface area contributed by atoms with Gasteiger partial charge in [0.25, 0.3) is 0 Å². The van der Waals surface area contributed by atoms with Crippen LogP contribution in [0.15, 0.2) is 30.3 Å². The van der Waals surface area contributed by atoms with Crippen molar-refractivity contribution in [2.24, 2.45) is 5.92 Å². The molecule has 0 fully saturated rings. The van der Waals surface area contributed by atoms with E-state index in [1.54, 1.807) is 6.92 Å². The average molecular weight is 334 g/mol. The first-order chi connectivity index (χ1) is 11.3. The molecule has 0 unspecified atom stereocenters. The largest absolute Gasteiger partial charge is 0.475 e. The lowest BCUT2D eigenvalue weighted by molar-refractivity contribution is -0.129. The fourth-order valence-electron chi connectivity index (χ4n) is 2.40. The number of nitrogens with one attached hydrogen (secondary N) is 2. The highest BCUT2D eigenvalue weighted by atomic mass is 16.4. The maximum Gasteiger partial charge on any atom is 0.475 e. The summed E-state index contributed by atoms with van der Waals surface area (Å²) in [6.07, 6.45) is 1.05. The summed E-state index contributed by atoms with van der Waals surface area (Å²) < 4.78 is 0. The number of rotatable bonds is 9. The van der Waals surface area contributed by atoms with Crippen LogP contribution in [-0.4, -0.2) is 41.0 Å². The van der Waals surface area contributed by atoms with Crippen molar-refractivity contribution in [1.29, 1.82) is 0 Å². The first kappa shape index (κ1) is 20.2. The minimum Gasteiger partial charge on any atom is -0.426 e. The van der Waals surface area contributed by atoms with Crippen LogP contribution in [0.5, 0.6) is 0 Å². The molecule has 0 saturated carbocycles. The summed E-state index contributed by atoms with van der Waals surface area (Å²) in [6.45, 7) is 5.58. The van der Waals surface area contributed by atoms with Gasteiger partial charge >= 0.3 is 7.12 Å². The van der Waals surface area contributed by atoms with E-state index in [1.807, 2.05) is 44.2 Å². The van der Waals surface area contributed by atoms with Gasteiger partial charge in [-0.25, -0.2) is 0 Å². The number of carbonyl (C=O) groups excluding carboxylic acids is 2. The fourth-order valence-corrected chi connectivity index (χ4v) is 2.40. The molecule has 1 aromatic carbocycles. The van der Waals surface area contributed by atoms with Crippen LogP contribution in [0.25, 0.3) is 0 Å². The Hall–Kier alpha value is -1.86. The molecule has 0 aliphatic rings. The van der Waals surface area contributed by atoms with Crippen LogP contribution >= 0.6 is 0 Å². The second kappa shape index (κ2) is 10.1. The predicted octanol–water partition coefficient (Wildman–Crippen LogP) is 0.667. The predicted molar refractivity (Wildman–Crippen MR) is 93.9 cm³/mol. The normalized spacial score (nSPS) is 13.2. The van der Waals surface area contributed by atoms with Crippen molar-refractivity contribution in [3.8, 4) is 0 Å². The molecule has 0 spiro atoms. The Labute approximate surface area is 143 Å². The third-order valence-electron chi connectivity index (χ3n) is 3.67. The van der Waals surface area contributed by atoms with Gasteiger partial charge in [-0.1, -0.05) is 51.1 Å². The number of hydrogen-bond donors (Lipinski definition) is 4. The van der Waals surface area contributed by atoms with Gasteiger partial charge in [-0.2, -0.15) is 0 Å². The zero-order valence-corrected chi connectivity index (χ0v) is 14.5. The molecule has 0 heterocycles. The summed E-state index contributed by atoms with van der Waals surface area (Å²) in [4.78, 5) is 24.3. The maximum atomic E-state index is 12.5. The van der Waals surface area contributed by atoms with Gasteiger partial charge in [0.1, 0.15) is 6.04 Å². The Morgan fingerprint density at radius 3 is 2.25 bits per heavy atom. The van der Waals surface area contributed by atoms with E-state index in [0.717, 1.165) is 5.56 Å². The lowest BCUT2D eigenvalue weighted by atomic mass is 9.75. The van der Waals surface area contributed by atoms with Crippen LogP contribution in [-0.2, 0) is 16.0 Å². The Kier molecular flexibility index (Phi) is 8.50. The SMILES string of the molecule is CCC(=O)N[C@@H](Cc1ccccc1)C(=O)N[C@@H](CC(C)C)B(O)O. The van der Waals surface area contributed by atoms with Crippen molar-refractivity contribution in [2.45, 2.75) is 52.0 Å². The third kappa shape index (κ3) is 7.15. The summed E-state index contributed by atoms with van der Waals surface area (Å²) in [5.74, 6) is -1.22.